The van der Waals surface area contributed by atoms with Crippen molar-refractivity contribution in [2.75, 3.05) is 33.7 Å². The van der Waals surface area contributed by atoms with Crippen molar-refractivity contribution in [2.45, 2.75) is 18.9 Å². The second kappa shape index (κ2) is 7.00. The summed E-state index contributed by atoms with van der Waals surface area (Å²) in [6.07, 6.45) is 0.759. The Morgan fingerprint density at radius 2 is 2.00 bits per heavy atom. The average molecular weight is 294 g/mol. The summed E-state index contributed by atoms with van der Waals surface area (Å²) < 4.78 is 13.6. The molecule has 0 aromatic heterocycles. The summed E-state index contributed by atoms with van der Waals surface area (Å²) in [7, 11) is 3.55. The van der Waals surface area contributed by atoms with Crippen molar-refractivity contribution >= 4 is 5.91 Å². The zero-order valence-corrected chi connectivity index (χ0v) is 12.6. The smallest absolute Gasteiger partial charge is 0.225 e. The number of nitrogens with zero attached hydrogens (tertiary/aromatic N) is 2. The first kappa shape index (κ1) is 15.9. The summed E-state index contributed by atoms with van der Waals surface area (Å²) in [6.45, 7) is 1.93. The van der Waals surface area contributed by atoms with Crippen LogP contribution in [0.25, 0.3) is 0 Å². The molecule has 0 spiro atoms. The number of β-amino-alcohol motifs (C(OH)–C–C–N with tert-alkyl or cyclic N) is 1. The fourth-order valence-corrected chi connectivity index (χ4v) is 2.82. The largest absolute Gasteiger partial charge is 0.387 e. The van der Waals surface area contributed by atoms with Gasteiger partial charge in [0.15, 0.2) is 0 Å². The van der Waals surface area contributed by atoms with Crippen LogP contribution in [0.4, 0.5) is 4.39 Å². The standard InChI is InChI=1S/C16H23FN2O2/c1-18(2)16(21)12-7-9-19(10-8-12)11-15(20)13-5-3-4-6-14(13)17/h3-6,12,15,20H,7-11H2,1-2H3/t15-/m0/s1. The molecule has 1 aliphatic rings. The first-order valence-corrected chi connectivity index (χ1v) is 7.35. The van der Waals surface area contributed by atoms with Crippen LogP contribution >= 0.6 is 0 Å². The van der Waals surface area contributed by atoms with Gasteiger partial charge in [-0.25, -0.2) is 4.39 Å². The molecule has 5 heteroatoms. The molecule has 1 saturated heterocycles. The lowest BCUT2D eigenvalue weighted by atomic mass is 9.95. The maximum Gasteiger partial charge on any atom is 0.225 e. The number of hydrogen-bond acceptors (Lipinski definition) is 3. The van der Waals surface area contributed by atoms with Crippen LogP contribution in [0.2, 0.25) is 0 Å². The maximum atomic E-state index is 13.6. The van der Waals surface area contributed by atoms with Gasteiger partial charge in [0, 0.05) is 32.1 Å². The van der Waals surface area contributed by atoms with Crippen LogP contribution in [-0.4, -0.2) is 54.5 Å². The average Bonchev–Trinajstić information content (AvgIpc) is 2.47. The Labute approximate surface area is 125 Å². The van der Waals surface area contributed by atoms with Crippen molar-refractivity contribution < 1.29 is 14.3 Å². The van der Waals surface area contributed by atoms with Gasteiger partial charge in [0.1, 0.15) is 5.82 Å². The normalized spacial score (nSPS) is 18.5. The third-order valence-electron chi connectivity index (χ3n) is 4.07. The summed E-state index contributed by atoms with van der Waals surface area (Å²) >= 11 is 0. The van der Waals surface area contributed by atoms with Crippen LogP contribution in [0.3, 0.4) is 0 Å². The molecule has 1 amide bonds. The summed E-state index contributed by atoms with van der Waals surface area (Å²) in [5.74, 6) is -0.131. The Morgan fingerprint density at radius 3 is 2.57 bits per heavy atom. The van der Waals surface area contributed by atoms with Crippen molar-refractivity contribution in [3.63, 3.8) is 0 Å². The number of hydrogen-bond donors (Lipinski definition) is 1. The molecular formula is C16H23FN2O2. The molecular weight excluding hydrogens is 271 g/mol. The van der Waals surface area contributed by atoms with E-state index in [0.717, 1.165) is 25.9 Å². The van der Waals surface area contributed by atoms with E-state index in [1.807, 2.05) is 0 Å². The number of piperidine rings is 1. The van der Waals surface area contributed by atoms with Gasteiger partial charge in [-0.05, 0) is 32.0 Å². The molecule has 1 heterocycles. The fraction of sp³-hybridized carbons (Fsp3) is 0.562. The number of aliphatic hydroxyl groups is 1. The summed E-state index contributed by atoms with van der Waals surface area (Å²) in [6, 6.07) is 6.32. The number of halogens is 1. The number of carbonyl (C=O) groups is 1. The number of aliphatic hydroxyl groups excluding tert-OH is 1. The summed E-state index contributed by atoms with van der Waals surface area (Å²) in [5, 5.41) is 10.2. The van der Waals surface area contributed by atoms with E-state index >= 15 is 0 Å². The number of likely N-dealkylation sites (tertiary alicyclic amines) is 1. The predicted octanol–water partition coefficient (Wildman–Crippen LogP) is 1.66. The minimum atomic E-state index is -0.827. The Kier molecular flexibility index (Phi) is 5.31. The molecule has 1 N–H and O–H groups in total. The van der Waals surface area contributed by atoms with Crippen molar-refractivity contribution in [1.82, 2.24) is 9.80 Å². The second-order valence-corrected chi connectivity index (χ2v) is 5.84. The molecule has 1 aromatic rings. The number of rotatable bonds is 4. The van der Waals surface area contributed by atoms with Crippen LogP contribution in [0, 0.1) is 11.7 Å². The van der Waals surface area contributed by atoms with E-state index in [-0.39, 0.29) is 17.6 Å². The van der Waals surface area contributed by atoms with Crippen molar-refractivity contribution in [2.24, 2.45) is 5.92 Å². The molecule has 1 aromatic carbocycles. The molecule has 1 aliphatic heterocycles. The zero-order chi connectivity index (χ0) is 15.4. The summed E-state index contributed by atoms with van der Waals surface area (Å²) in [4.78, 5) is 15.6. The van der Waals surface area contributed by atoms with Crippen LogP contribution in [0.15, 0.2) is 24.3 Å². The number of amides is 1. The summed E-state index contributed by atoms with van der Waals surface area (Å²) in [5.41, 5.74) is 0.337. The van der Waals surface area contributed by atoms with Crippen LogP contribution < -0.4 is 0 Å². The quantitative estimate of drug-likeness (QED) is 0.918. The van der Waals surface area contributed by atoms with Gasteiger partial charge in [-0.1, -0.05) is 18.2 Å². The Bertz CT molecular complexity index is 485. The van der Waals surface area contributed by atoms with E-state index in [9.17, 15) is 14.3 Å². The first-order chi connectivity index (χ1) is 9.99. The topological polar surface area (TPSA) is 43.8 Å². The second-order valence-electron chi connectivity index (χ2n) is 5.84. The van der Waals surface area contributed by atoms with Gasteiger partial charge in [-0.3, -0.25) is 4.79 Å². The SMILES string of the molecule is CN(C)C(=O)C1CCN(C[C@H](O)c2ccccc2F)CC1. The molecule has 2 rings (SSSR count). The maximum absolute atomic E-state index is 13.6. The zero-order valence-electron chi connectivity index (χ0n) is 12.6. The fourth-order valence-electron chi connectivity index (χ4n) is 2.82. The minimum absolute atomic E-state index is 0.0712. The van der Waals surface area contributed by atoms with Gasteiger partial charge in [-0.2, -0.15) is 0 Å². The van der Waals surface area contributed by atoms with Crippen LogP contribution in [0.1, 0.15) is 24.5 Å². The van der Waals surface area contributed by atoms with E-state index < -0.39 is 6.10 Å². The number of benzene rings is 1. The lowest BCUT2D eigenvalue weighted by Crippen LogP contribution is -2.41. The molecule has 0 unspecified atom stereocenters. The van der Waals surface area contributed by atoms with Gasteiger partial charge < -0.3 is 14.9 Å². The monoisotopic (exact) mass is 294 g/mol. The third-order valence-corrected chi connectivity index (χ3v) is 4.07. The van der Waals surface area contributed by atoms with E-state index in [2.05, 4.69) is 4.90 Å². The third kappa shape index (κ3) is 4.02. The molecule has 4 nitrogen and oxygen atoms in total. The first-order valence-electron chi connectivity index (χ1n) is 7.35. The highest BCUT2D eigenvalue weighted by molar-refractivity contribution is 5.78. The molecule has 116 valence electrons. The number of carbonyl (C=O) groups excluding carboxylic acids is 1. The minimum Gasteiger partial charge on any atom is -0.387 e. The molecule has 0 saturated carbocycles. The van der Waals surface area contributed by atoms with E-state index in [1.165, 1.54) is 6.07 Å². The van der Waals surface area contributed by atoms with E-state index in [0.29, 0.717) is 12.1 Å². The highest BCUT2D eigenvalue weighted by Gasteiger charge is 2.27. The van der Waals surface area contributed by atoms with Gasteiger partial charge in [0.05, 0.1) is 6.10 Å². The van der Waals surface area contributed by atoms with E-state index in [1.54, 1.807) is 37.2 Å². The predicted molar refractivity (Wildman–Crippen MR) is 79.2 cm³/mol. The highest BCUT2D eigenvalue weighted by Crippen LogP contribution is 2.23. The van der Waals surface area contributed by atoms with Crippen molar-refractivity contribution in [3.8, 4) is 0 Å². The lowest BCUT2D eigenvalue weighted by Gasteiger charge is -2.33. The Hall–Kier alpha value is -1.46. The van der Waals surface area contributed by atoms with Crippen molar-refractivity contribution in [3.05, 3.63) is 35.6 Å². The van der Waals surface area contributed by atoms with Gasteiger partial charge in [-0.15, -0.1) is 0 Å². The molecule has 21 heavy (non-hydrogen) atoms. The van der Waals surface area contributed by atoms with Gasteiger partial charge >= 0.3 is 0 Å². The van der Waals surface area contributed by atoms with Gasteiger partial charge in [0.25, 0.3) is 0 Å². The molecule has 1 fully saturated rings. The highest BCUT2D eigenvalue weighted by atomic mass is 19.1. The Balaban J connectivity index is 1.86. The van der Waals surface area contributed by atoms with Gasteiger partial charge in [0.2, 0.25) is 5.91 Å². The van der Waals surface area contributed by atoms with Crippen LogP contribution in [-0.2, 0) is 4.79 Å². The molecule has 1 atom stereocenters. The van der Waals surface area contributed by atoms with Crippen LogP contribution in [0.5, 0.6) is 0 Å². The van der Waals surface area contributed by atoms with Crippen molar-refractivity contribution in [1.29, 1.82) is 0 Å². The molecule has 0 bridgehead atoms. The molecule has 0 radical (unpaired) electrons. The van der Waals surface area contributed by atoms with E-state index in [4.69, 9.17) is 0 Å². The Morgan fingerprint density at radius 1 is 1.38 bits per heavy atom. The molecule has 0 aliphatic carbocycles. The lowest BCUT2D eigenvalue weighted by molar-refractivity contribution is -0.134.